The molecule has 35 heavy (non-hydrogen) atoms. The van der Waals surface area contributed by atoms with E-state index in [1.165, 1.54) is 0 Å². The van der Waals surface area contributed by atoms with Gasteiger partial charge in [-0.3, -0.25) is 9.59 Å². The predicted octanol–water partition coefficient (Wildman–Crippen LogP) is 5.58. The Hall–Kier alpha value is -3.31. The van der Waals surface area contributed by atoms with E-state index in [1.54, 1.807) is 29.2 Å². The van der Waals surface area contributed by atoms with Gasteiger partial charge in [0.1, 0.15) is 11.8 Å². The molecule has 0 radical (unpaired) electrons. The number of hydrogen-bond acceptors (Lipinski definition) is 3. The molecule has 0 bridgehead atoms. The van der Waals surface area contributed by atoms with E-state index in [-0.39, 0.29) is 18.4 Å². The largest absolute Gasteiger partial charge is 0.484 e. The van der Waals surface area contributed by atoms with Crippen molar-refractivity contribution in [3.8, 4) is 5.75 Å². The third kappa shape index (κ3) is 8.45. The molecule has 0 heterocycles. The SMILES string of the molecule is CCCCNC(=O)C(Cc1ccccc1)N(Cc1ccc(C)cc1)C(=O)COc1cccc(Cl)c1. The van der Waals surface area contributed by atoms with Crippen LogP contribution in [-0.4, -0.2) is 35.9 Å². The van der Waals surface area contributed by atoms with E-state index in [2.05, 4.69) is 12.2 Å². The number of rotatable bonds is 12. The minimum absolute atomic E-state index is 0.162. The topological polar surface area (TPSA) is 58.6 Å². The van der Waals surface area contributed by atoms with E-state index >= 15 is 0 Å². The number of nitrogens with one attached hydrogen (secondary N) is 1. The Kier molecular flexibility index (Phi) is 10.2. The minimum atomic E-state index is -0.675. The fourth-order valence-corrected chi connectivity index (χ4v) is 3.92. The lowest BCUT2D eigenvalue weighted by molar-refractivity contribution is -0.142. The van der Waals surface area contributed by atoms with Crippen molar-refractivity contribution in [3.05, 3.63) is 101 Å². The Balaban J connectivity index is 1.87. The molecule has 0 aliphatic carbocycles. The van der Waals surface area contributed by atoms with Crippen LogP contribution in [-0.2, 0) is 22.6 Å². The van der Waals surface area contributed by atoms with Crippen LogP contribution in [0.25, 0.3) is 0 Å². The van der Waals surface area contributed by atoms with Crippen molar-refractivity contribution in [1.82, 2.24) is 10.2 Å². The average molecular weight is 493 g/mol. The summed E-state index contributed by atoms with van der Waals surface area (Å²) >= 11 is 6.06. The summed E-state index contributed by atoms with van der Waals surface area (Å²) < 4.78 is 5.76. The van der Waals surface area contributed by atoms with E-state index in [9.17, 15) is 9.59 Å². The lowest BCUT2D eigenvalue weighted by Gasteiger charge is -2.31. The van der Waals surface area contributed by atoms with E-state index in [4.69, 9.17) is 16.3 Å². The summed E-state index contributed by atoms with van der Waals surface area (Å²) in [6, 6.07) is 24.0. The van der Waals surface area contributed by atoms with Gasteiger partial charge in [-0.15, -0.1) is 0 Å². The summed E-state index contributed by atoms with van der Waals surface area (Å²) in [5.74, 6) is 0.0794. The van der Waals surface area contributed by atoms with Crippen LogP contribution in [0.2, 0.25) is 5.02 Å². The van der Waals surface area contributed by atoms with Gasteiger partial charge in [0.25, 0.3) is 5.91 Å². The van der Waals surface area contributed by atoms with Gasteiger partial charge < -0.3 is 15.0 Å². The van der Waals surface area contributed by atoms with E-state index in [0.717, 1.165) is 29.5 Å². The van der Waals surface area contributed by atoms with E-state index in [1.807, 2.05) is 61.5 Å². The van der Waals surface area contributed by atoms with Crippen molar-refractivity contribution in [3.63, 3.8) is 0 Å². The number of hydrogen-bond donors (Lipinski definition) is 1. The molecule has 0 aliphatic heterocycles. The number of unbranched alkanes of at least 4 members (excludes halogenated alkanes) is 1. The van der Waals surface area contributed by atoms with Gasteiger partial charge in [0.15, 0.2) is 6.61 Å². The highest BCUT2D eigenvalue weighted by Gasteiger charge is 2.30. The van der Waals surface area contributed by atoms with Crippen LogP contribution in [0, 0.1) is 6.92 Å². The molecule has 2 amide bonds. The van der Waals surface area contributed by atoms with E-state index < -0.39 is 6.04 Å². The van der Waals surface area contributed by atoms with Gasteiger partial charge in [-0.2, -0.15) is 0 Å². The maximum absolute atomic E-state index is 13.5. The average Bonchev–Trinajstić information content (AvgIpc) is 2.86. The first-order valence-corrected chi connectivity index (χ1v) is 12.4. The minimum Gasteiger partial charge on any atom is -0.484 e. The lowest BCUT2D eigenvalue weighted by atomic mass is 10.0. The number of amides is 2. The Morgan fingerprint density at radius 3 is 2.40 bits per heavy atom. The summed E-state index contributed by atoms with van der Waals surface area (Å²) in [4.78, 5) is 28.5. The quantitative estimate of drug-likeness (QED) is 0.335. The molecule has 1 N–H and O–H groups in total. The molecule has 6 heteroatoms. The Bertz CT molecular complexity index is 1090. The van der Waals surface area contributed by atoms with Crippen molar-refractivity contribution in [2.75, 3.05) is 13.2 Å². The summed E-state index contributed by atoms with van der Waals surface area (Å²) in [6.45, 7) is 4.78. The van der Waals surface area contributed by atoms with Crippen LogP contribution in [0.4, 0.5) is 0 Å². The fourth-order valence-electron chi connectivity index (χ4n) is 3.74. The van der Waals surface area contributed by atoms with Gasteiger partial charge in [0, 0.05) is 24.5 Å². The van der Waals surface area contributed by atoms with Gasteiger partial charge in [-0.25, -0.2) is 0 Å². The second kappa shape index (κ2) is 13.5. The van der Waals surface area contributed by atoms with Gasteiger partial charge in [-0.05, 0) is 42.7 Å². The maximum atomic E-state index is 13.5. The van der Waals surface area contributed by atoms with Gasteiger partial charge in [0.2, 0.25) is 5.91 Å². The summed E-state index contributed by atoms with van der Waals surface area (Å²) in [5.41, 5.74) is 3.07. The van der Waals surface area contributed by atoms with Crippen LogP contribution < -0.4 is 10.1 Å². The standard InChI is InChI=1S/C29H33ClN2O3/c1-3-4-17-31-29(34)27(18-23-9-6-5-7-10-23)32(20-24-15-13-22(2)14-16-24)28(33)21-35-26-12-8-11-25(30)19-26/h5-16,19,27H,3-4,17-18,20-21H2,1-2H3,(H,31,34). The van der Waals surface area contributed by atoms with E-state index in [0.29, 0.717) is 30.3 Å². The Labute approximate surface area is 213 Å². The zero-order chi connectivity index (χ0) is 25.0. The van der Waals surface area contributed by atoms with Gasteiger partial charge >= 0.3 is 0 Å². The normalized spacial score (nSPS) is 11.5. The smallest absolute Gasteiger partial charge is 0.261 e. The number of aryl methyl sites for hydroxylation is 1. The summed E-state index contributed by atoms with van der Waals surface area (Å²) in [5, 5.41) is 3.56. The second-order valence-corrected chi connectivity index (χ2v) is 9.04. The molecule has 3 aromatic rings. The van der Waals surface area contributed by atoms with Crippen LogP contribution in [0.15, 0.2) is 78.9 Å². The van der Waals surface area contributed by atoms with Crippen LogP contribution >= 0.6 is 11.6 Å². The van der Waals surface area contributed by atoms with Crippen molar-refractivity contribution >= 4 is 23.4 Å². The molecule has 184 valence electrons. The molecule has 0 aromatic heterocycles. The van der Waals surface area contributed by atoms with Crippen LogP contribution in [0.3, 0.4) is 0 Å². The third-order valence-electron chi connectivity index (χ3n) is 5.73. The zero-order valence-corrected chi connectivity index (χ0v) is 21.1. The number of halogens is 1. The molecule has 3 rings (SSSR count). The molecule has 1 unspecified atom stereocenters. The molecular weight excluding hydrogens is 460 g/mol. The predicted molar refractivity (Wildman–Crippen MR) is 141 cm³/mol. The Morgan fingerprint density at radius 2 is 1.71 bits per heavy atom. The molecular formula is C29H33ClN2O3. The highest BCUT2D eigenvalue weighted by atomic mass is 35.5. The van der Waals surface area contributed by atoms with Crippen molar-refractivity contribution in [1.29, 1.82) is 0 Å². The van der Waals surface area contributed by atoms with Crippen LogP contribution in [0.1, 0.15) is 36.5 Å². The highest BCUT2D eigenvalue weighted by molar-refractivity contribution is 6.30. The summed E-state index contributed by atoms with van der Waals surface area (Å²) in [7, 11) is 0. The number of carbonyl (C=O) groups is 2. The number of benzene rings is 3. The molecule has 0 spiro atoms. The summed E-state index contributed by atoms with van der Waals surface area (Å²) in [6.07, 6.45) is 2.27. The molecule has 3 aromatic carbocycles. The first-order valence-electron chi connectivity index (χ1n) is 12.0. The third-order valence-corrected chi connectivity index (χ3v) is 5.97. The number of nitrogens with zero attached hydrogens (tertiary/aromatic N) is 1. The molecule has 0 saturated carbocycles. The molecule has 0 saturated heterocycles. The van der Waals surface area contributed by atoms with Crippen molar-refractivity contribution in [2.24, 2.45) is 0 Å². The second-order valence-electron chi connectivity index (χ2n) is 8.60. The van der Waals surface area contributed by atoms with Crippen molar-refractivity contribution < 1.29 is 14.3 Å². The van der Waals surface area contributed by atoms with Gasteiger partial charge in [0.05, 0.1) is 0 Å². The maximum Gasteiger partial charge on any atom is 0.261 e. The first kappa shape index (κ1) is 26.3. The molecule has 0 fully saturated rings. The van der Waals surface area contributed by atoms with Crippen molar-refractivity contribution in [2.45, 2.75) is 45.7 Å². The fraction of sp³-hybridized carbons (Fsp3) is 0.310. The monoisotopic (exact) mass is 492 g/mol. The van der Waals surface area contributed by atoms with Gasteiger partial charge in [-0.1, -0.05) is 91.2 Å². The number of ether oxygens (including phenoxy) is 1. The lowest BCUT2D eigenvalue weighted by Crippen LogP contribution is -2.51. The first-order chi connectivity index (χ1) is 17.0. The molecule has 0 aliphatic rings. The molecule has 1 atom stereocenters. The highest BCUT2D eigenvalue weighted by Crippen LogP contribution is 2.19. The Morgan fingerprint density at radius 1 is 0.971 bits per heavy atom. The van der Waals surface area contributed by atoms with Crippen LogP contribution in [0.5, 0.6) is 5.75 Å². The molecule has 5 nitrogen and oxygen atoms in total. The number of carbonyl (C=O) groups excluding carboxylic acids is 2. The zero-order valence-electron chi connectivity index (χ0n) is 20.4.